The maximum Gasteiger partial charge on any atom is 0.161 e. The van der Waals surface area contributed by atoms with Crippen LogP contribution < -0.4 is 9.47 Å². The summed E-state index contributed by atoms with van der Waals surface area (Å²) < 4.78 is 17.3. The van der Waals surface area contributed by atoms with Crippen molar-refractivity contribution in [2.45, 2.75) is 24.3 Å². The van der Waals surface area contributed by atoms with Crippen molar-refractivity contribution in [3.8, 4) is 11.5 Å². The molecule has 0 aromatic heterocycles. The van der Waals surface area contributed by atoms with Crippen molar-refractivity contribution in [2.75, 3.05) is 20.8 Å². The van der Waals surface area contributed by atoms with Gasteiger partial charge in [-0.3, -0.25) is 0 Å². The first-order chi connectivity index (χ1) is 9.08. The van der Waals surface area contributed by atoms with Gasteiger partial charge in [-0.15, -0.1) is 0 Å². The monoisotopic (exact) mass is 392 g/mol. The topological polar surface area (TPSA) is 27.7 Å². The van der Waals surface area contributed by atoms with Gasteiger partial charge < -0.3 is 14.2 Å². The lowest BCUT2D eigenvalue weighted by atomic mass is 9.93. The smallest absolute Gasteiger partial charge is 0.161 e. The first-order valence-corrected chi connectivity index (χ1v) is 7.96. The molecule has 1 saturated heterocycles. The number of hydrogen-bond acceptors (Lipinski definition) is 3. The number of halogens is 2. The van der Waals surface area contributed by atoms with Crippen LogP contribution in [0.25, 0.3) is 0 Å². The quantitative estimate of drug-likeness (QED) is 0.712. The Morgan fingerprint density at radius 3 is 2.42 bits per heavy atom. The van der Waals surface area contributed by atoms with Gasteiger partial charge in [0.15, 0.2) is 11.5 Å². The summed E-state index contributed by atoms with van der Waals surface area (Å²) in [5.74, 6) is 1.94. The second-order valence-corrected chi connectivity index (χ2v) is 6.50. The number of benzene rings is 1. The molecule has 3 atom stereocenters. The van der Waals surface area contributed by atoms with Crippen molar-refractivity contribution >= 4 is 31.9 Å². The van der Waals surface area contributed by atoms with E-state index in [1.165, 1.54) is 5.56 Å². The minimum absolute atomic E-state index is 0.235. The van der Waals surface area contributed by atoms with Gasteiger partial charge >= 0.3 is 0 Å². The highest BCUT2D eigenvalue weighted by Gasteiger charge is 2.32. The summed E-state index contributed by atoms with van der Waals surface area (Å²) in [5.41, 5.74) is 1.17. The summed E-state index contributed by atoms with van der Waals surface area (Å²) in [7, 11) is 3.29. The zero-order valence-corrected chi connectivity index (χ0v) is 14.5. The molecule has 0 aliphatic carbocycles. The second kappa shape index (κ2) is 6.46. The second-order valence-electron chi connectivity index (χ2n) is 4.66. The van der Waals surface area contributed by atoms with Crippen LogP contribution in [0.5, 0.6) is 11.5 Å². The van der Waals surface area contributed by atoms with E-state index in [1.807, 2.05) is 12.1 Å². The third-order valence-electron chi connectivity index (χ3n) is 3.61. The Balaban J connectivity index is 2.33. The Labute approximate surface area is 130 Å². The molecule has 5 heteroatoms. The van der Waals surface area contributed by atoms with E-state index in [2.05, 4.69) is 38.8 Å². The molecule has 0 N–H and O–H groups in total. The molecule has 0 spiro atoms. The molecule has 19 heavy (non-hydrogen) atoms. The first-order valence-electron chi connectivity index (χ1n) is 6.25. The number of hydrogen-bond donors (Lipinski definition) is 0. The molecule has 3 nitrogen and oxygen atoms in total. The first kappa shape index (κ1) is 15.1. The molecule has 1 fully saturated rings. The standard InChI is InChI=1S/C14H18Br2O3/c1-8-9(4-5-19-8)14(16)10-6-12(17-2)13(18-3)7-11(10)15/h6-9,14H,4-5H2,1-3H3. The number of alkyl halides is 1. The van der Waals surface area contributed by atoms with Crippen LogP contribution in [-0.4, -0.2) is 26.9 Å². The summed E-state index contributed by atoms with van der Waals surface area (Å²) in [5, 5.41) is 0. The van der Waals surface area contributed by atoms with Crippen molar-refractivity contribution in [3.63, 3.8) is 0 Å². The zero-order valence-electron chi connectivity index (χ0n) is 11.3. The van der Waals surface area contributed by atoms with Crippen molar-refractivity contribution in [2.24, 2.45) is 5.92 Å². The number of ether oxygens (including phenoxy) is 3. The predicted molar refractivity (Wildman–Crippen MR) is 82.4 cm³/mol. The van der Waals surface area contributed by atoms with E-state index >= 15 is 0 Å². The van der Waals surface area contributed by atoms with Gasteiger partial charge in [-0.2, -0.15) is 0 Å². The van der Waals surface area contributed by atoms with Gasteiger partial charge in [-0.1, -0.05) is 31.9 Å². The third kappa shape index (κ3) is 3.09. The summed E-state index contributed by atoms with van der Waals surface area (Å²) in [6.07, 6.45) is 1.34. The molecule has 0 saturated carbocycles. The largest absolute Gasteiger partial charge is 0.493 e. The van der Waals surface area contributed by atoms with E-state index in [0.717, 1.165) is 29.0 Å². The lowest BCUT2D eigenvalue weighted by Gasteiger charge is -2.23. The van der Waals surface area contributed by atoms with Crippen molar-refractivity contribution in [1.82, 2.24) is 0 Å². The normalized spacial score (nSPS) is 24.3. The fraction of sp³-hybridized carbons (Fsp3) is 0.571. The van der Waals surface area contributed by atoms with E-state index in [-0.39, 0.29) is 10.9 Å². The Kier molecular flexibility index (Phi) is 5.15. The summed E-state index contributed by atoms with van der Waals surface area (Å²) in [6, 6.07) is 3.97. The lowest BCUT2D eigenvalue weighted by molar-refractivity contribution is 0.105. The molecule has 1 aromatic carbocycles. The maximum absolute atomic E-state index is 5.65. The molecule has 106 valence electrons. The van der Waals surface area contributed by atoms with E-state index < -0.39 is 0 Å². The van der Waals surface area contributed by atoms with Gasteiger partial charge in [0.05, 0.1) is 20.3 Å². The molecule has 3 unspecified atom stereocenters. The van der Waals surface area contributed by atoms with Crippen LogP contribution in [0.1, 0.15) is 23.7 Å². The van der Waals surface area contributed by atoms with Crippen LogP contribution in [0, 0.1) is 5.92 Å². The fourth-order valence-corrected chi connectivity index (χ4v) is 4.39. The Bertz CT molecular complexity index is 451. The zero-order chi connectivity index (χ0) is 14.0. The van der Waals surface area contributed by atoms with Crippen LogP contribution in [0.3, 0.4) is 0 Å². The van der Waals surface area contributed by atoms with Crippen LogP contribution in [0.4, 0.5) is 0 Å². The van der Waals surface area contributed by atoms with E-state index in [0.29, 0.717) is 5.92 Å². The van der Waals surface area contributed by atoms with Gasteiger partial charge in [0.2, 0.25) is 0 Å². The van der Waals surface area contributed by atoms with Gasteiger partial charge in [0, 0.05) is 21.8 Å². The molecule has 1 aliphatic rings. The molecule has 1 heterocycles. The summed E-state index contributed by atoms with van der Waals surface area (Å²) in [4.78, 5) is 0.235. The Morgan fingerprint density at radius 2 is 1.89 bits per heavy atom. The van der Waals surface area contributed by atoms with E-state index in [1.54, 1.807) is 14.2 Å². The molecule has 0 amide bonds. The van der Waals surface area contributed by atoms with Gasteiger partial charge in [0.1, 0.15) is 0 Å². The highest BCUT2D eigenvalue weighted by molar-refractivity contribution is 9.11. The van der Waals surface area contributed by atoms with Crippen LogP contribution in [-0.2, 0) is 4.74 Å². The minimum Gasteiger partial charge on any atom is -0.493 e. The summed E-state index contributed by atoms with van der Waals surface area (Å²) in [6.45, 7) is 2.96. The molecule has 1 aromatic rings. The molecule has 2 rings (SSSR count). The average molecular weight is 394 g/mol. The lowest BCUT2D eigenvalue weighted by Crippen LogP contribution is -2.16. The van der Waals surface area contributed by atoms with Crippen molar-refractivity contribution < 1.29 is 14.2 Å². The predicted octanol–water partition coefficient (Wildman–Crippen LogP) is 4.33. The number of methoxy groups -OCH3 is 2. The number of rotatable bonds is 4. The molecule has 0 radical (unpaired) electrons. The minimum atomic E-state index is 0.235. The Morgan fingerprint density at radius 1 is 1.26 bits per heavy atom. The molecule has 0 bridgehead atoms. The Hall–Kier alpha value is -0.260. The molecular weight excluding hydrogens is 376 g/mol. The van der Waals surface area contributed by atoms with Gasteiger partial charge in [-0.05, 0) is 31.0 Å². The van der Waals surface area contributed by atoms with Crippen LogP contribution in [0.2, 0.25) is 0 Å². The van der Waals surface area contributed by atoms with E-state index in [9.17, 15) is 0 Å². The highest BCUT2D eigenvalue weighted by atomic mass is 79.9. The average Bonchev–Trinajstić information content (AvgIpc) is 2.83. The third-order valence-corrected chi connectivity index (χ3v) is 5.47. The van der Waals surface area contributed by atoms with Gasteiger partial charge in [-0.25, -0.2) is 0 Å². The molecular formula is C14H18Br2O3. The van der Waals surface area contributed by atoms with Crippen LogP contribution >= 0.6 is 31.9 Å². The summed E-state index contributed by atoms with van der Waals surface area (Å²) >= 11 is 7.42. The van der Waals surface area contributed by atoms with Crippen molar-refractivity contribution in [1.29, 1.82) is 0 Å². The highest BCUT2D eigenvalue weighted by Crippen LogP contribution is 2.45. The van der Waals surface area contributed by atoms with Crippen molar-refractivity contribution in [3.05, 3.63) is 22.2 Å². The molecule has 1 aliphatic heterocycles. The van der Waals surface area contributed by atoms with Crippen LogP contribution in [0.15, 0.2) is 16.6 Å². The van der Waals surface area contributed by atoms with Gasteiger partial charge in [0.25, 0.3) is 0 Å². The SMILES string of the molecule is COc1cc(Br)c(C(Br)C2CCOC2C)cc1OC. The fourth-order valence-electron chi connectivity index (χ4n) is 2.44. The van der Waals surface area contributed by atoms with E-state index in [4.69, 9.17) is 14.2 Å². The maximum atomic E-state index is 5.65.